The Morgan fingerprint density at radius 2 is 1.93 bits per heavy atom. The molecule has 2 N–H and O–H groups in total. The van der Waals surface area contributed by atoms with Crippen molar-refractivity contribution in [1.82, 2.24) is 0 Å². The van der Waals surface area contributed by atoms with Crippen LogP contribution in [0, 0.1) is 0 Å². The fourth-order valence-electron chi connectivity index (χ4n) is 1.66. The summed E-state index contributed by atoms with van der Waals surface area (Å²) in [6.07, 6.45) is 2.45. The Bertz CT molecular complexity index is 256. The zero-order valence-corrected chi connectivity index (χ0v) is 9.82. The zero-order chi connectivity index (χ0) is 11.1. The van der Waals surface area contributed by atoms with E-state index in [0.717, 1.165) is 13.1 Å². The Morgan fingerprint density at radius 3 is 2.47 bits per heavy atom. The fraction of sp³-hybridized carbons (Fsp3) is 0.538. The molecule has 2 heteroatoms. The Labute approximate surface area is 93.1 Å². The van der Waals surface area contributed by atoms with Gasteiger partial charge in [0.25, 0.3) is 0 Å². The molecule has 0 spiro atoms. The van der Waals surface area contributed by atoms with Gasteiger partial charge in [0.2, 0.25) is 0 Å². The van der Waals surface area contributed by atoms with E-state index >= 15 is 0 Å². The van der Waals surface area contributed by atoms with Crippen LogP contribution in [-0.4, -0.2) is 19.1 Å². The molecule has 1 rings (SSSR count). The minimum atomic E-state index is 0.224. The van der Waals surface area contributed by atoms with E-state index in [4.69, 9.17) is 5.73 Å². The Kier molecular flexibility index (Phi) is 5.19. The SMILES string of the molecule is CCCCN(CC(C)N)c1ccccc1. The highest BCUT2D eigenvalue weighted by Gasteiger charge is 2.07. The average Bonchev–Trinajstić information content (AvgIpc) is 2.25. The molecule has 84 valence electrons. The van der Waals surface area contributed by atoms with E-state index in [1.54, 1.807) is 0 Å². The van der Waals surface area contributed by atoms with Crippen molar-refractivity contribution in [2.45, 2.75) is 32.7 Å². The van der Waals surface area contributed by atoms with Crippen molar-refractivity contribution in [3.63, 3.8) is 0 Å². The Morgan fingerprint density at radius 1 is 1.27 bits per heavy atom. The van der Waals surface area contributed by atoms with Gasteiger partial charge in [0, 0.05) is 24.8 Å². The van der Waals surface area contributed by atoms with Gasteiger partial charge in [-0.3, -0.25) is 0 Å². The van der Waals surface area contributed by atoms with Crippen molar-refractivity contribution in [3.8, 4) is 0 Å². The van der Waals surface area contributed by atoms with Gasteiger partial charge in [-0.1, -0.05) is 31.5 Å². The van der Waals surface area contributed by atoms with E-state index in [0.29, 0.717) is 0 Å². The third-order valence-corrected chi connectivity index (χ3v) is 2.41. The van der Waals surface area contributed by atoms with Gasteiger partial charge in [0.1, 0.15) is 0 Å². The standard InChI is InChI=1S/C13H22N2/c1-3-4-10-15(11-12(2)14)13-8-6-5-7-9-13/h5-9,12H,3-4,10-11,14H2,1-2H3. The van der Waals surface area contributed by atoms with Gasteiger partial charge in [-0.25, -0.2) is 0 Å². The van der Waals surface area contributed by atoms with Crippen LogP contribution in [0.15, 0.2) is 30.3 Å². The maximum Gasteiger partial charge on any atom is 0.0366 e. The number of anilines is 1. The molecule has 1 unspecified atom stereocenters. The molecule has 2 nitrogen and oxygen atoms in total. The highest BCUT2D eigenvalue weighted by Crippen LogP contribution is 2.14. The van der Waals surface area contributed by atoms with Crippen molar-refractivity contribution < 1.29 is 0 Å². The summed E-state index contributed by atoms with van der Waals surface area (Å²) in [5, 5.41) is 0. The lowest BCUT2D eigenvalue weighted by Gasteiger charge is -2.26. The molecule has 0 fully saturated rings. The number of para-hydroxylation sites is 1. The fourth-order valence-corrected chi connectivity index (χ4v) is 1.66. The number of benzene rings is 1. The predicted octanol–water partition coefficient (Wildman–Crippen LogP) is 2.64. The number of unbranched alkanes of at least 4 members (excludes halogenated alkanes) is 1. The van der Waals surface area contributed by atoms with E-state index in [-0.39, 0.29) is 6.04 Å². The van der Waals surface area contributed by atoms with E-state index in [2.05, 4.69) is 43.0 Å². The van der Waals surface area contributed by atoms with E-state index < -0.39 is 0 Å². The molecule has 1 atom stereocenters. The Hall–Kier alpha value is -1.02. The van der Waals surface area contributed by atoms with Gasteiger partial charge in [0.05, 0.1) is 0 Å². The van der Waals surface area contributed by atoms with E-state index in [1.807, 2.05) is 6.07 Å². The van der Waals surface area contributed by atoms with Crippen molar-refractivity contribution >= 4 is 5.69 Å². The summed E-state index contributed by atoms with van der Waals surface area (Å²) < 4.78 is 0. The van der Waals surface area contributed by atoms with Gasteiger partial charge in [0.15, 0.2) is 0 Å². The molecule has 15 heavy (non-hydrogen) atoms. The molecule has 0 bridgehead atoms. The third-order valence-electron chi connectivity index (χ3n) is 2.41. The second kappa shape index (κ2) is 6.46. The molecule has 0 saturated heterocycles. The maximum absolute atomic E-state index is 5.86. The first-order valence-corrected chi connectivity index (χ1v) is 5.79. The first kappa shape index (κ1) is 12.1. The topological polar surface area (TPSA) is 29.3 Å². The molecule has 0 aliphatic rings. The summed E-state index contributed by atoms with van der Waals surface area (Å²) in [4.78, 5) is 2.37. The van der Waals surface area contributed by atoms with E-state index in [1.165, 1.54) is 18.5 Å². The number of hydrogen-bond acceptors (Lipinski definition) is 2. The molecular weight excluding hydrogens is 184 g/mol. The number of nitrogens with two attached hydrogens (primary N) is 1. The lowest BCUT2D eigenvalue weighted by molar-refractivity contribution is 0.650. The Balaban J connectivity index is 2.63. The smallest absolute Gasteiger partial charge is 0.0366 e. The second-order valence-electron chi connectivity index (χ2n) is 4.11. The summed E-state index contributed by atoms with van der Waals surface area (Å²) in [5.74, 6) is 0. The predicted molar refractivity (Wildman–Crippen MR) is 67.2 cm³/mol. The van der Waals surface area contributed by atoms with Crippen LogP contribution in [0.25, 0.3) is 0 Å². The van der Waals surface area contributed by atoms with Gasteiger partial charge >= 0.3 is 0 Å². The van der Waals surface area contributed by atoms with Crippen molar-refractivity contribution in [1.29, 1.82) is 0 Å². The summed E-state index contributed by atoms with van der Waals surface area (Å²) in [7, 11) is 0. The van der Waals surface area contributed by atoms with Gasteiger partial charge in [-0.15, -0.1) is 0 Å². The molecule has 0 heterocycles. The zero-order valence-electron chi connectivity index (χ0n) is 9.82. The van der Waals surface area contributed by atoms with Crippen LogP contribution < -0.4 is 10.6 Å². The van der Waals surface area contributed by atoms with Crippen LogP contribution in [0.3, 0.4) is 0 Å². The molecule has 0 aliphatic heterocycles. The summed E-state index contributed by atoms with van der Waals surface area (Å²) in [6, 6.07) is 10.7. The van der Waals surface area contributed by atoms with Gasteiger partial charge in [-0.05, 0) is 25.5 Å². The van der Waals surface area contributed by atoms with Crippen LogP contribution in [-0.2, 0) is 0 Å². The van der Waals surface area contributed by atoms with Gasteiger partial charge in [-0.2, -0.15) is 0 Å². The minimum Gasteiger partial charge on any atom is -0.370 e. The molecule has 0 aromatic heterocycles. The molecule has 0 radical (unpaired) electrons. The molecule has 0 saturated carbocycles. The molecule has 0 aliphatic carbocycles. The van der Waals surface area contributed by atoms with Gasteiger partial charge < -0.3 is 10.6 Å². The minimum absolute atomic E-state index is 0.224. The molecule has 0 amide bonds. The van der Waals surface area contributed by atoms with Crippen LogP contribution in [0.2, 0.25) is 0 Å². The average molecular weight is 206 g/mol. The number of nitrogens with zero attached hydrogens (tertiary/aromatic N) is 1. The van der Waals surface area contributed by atoms with Crippen LogP contribution in [0.1, 0.15) is 26.7 Å². The lowest BCUT2D eigenvalue weighted by atomic mass is 10.2. The van der Waals surface area contributed by atoms with Crippen molar-refractivity contribution in [3.05, 3.63) is 30.3 Å². The highest BCUT2D eigenvalue weighted by atomic mass is 15.1. The normalized spacial score (nSPS) is 12.5. The van der Waals surface area contributed by atoms with Crippen molar-refractivity contribution in [2.24, 2.45) is 5.73 Å². The third kappa shape index (κ3) is 4.34. The second-order valence-corrected chi connectivity index (χ2v) is 4.11. The number of rotatable bonds is 6. The van der Waals surface area contributed by atoms with Crippen LogP contribution >= 0.6 is 0 Å². The maximum atomic E-state index is 5.86. The monoisotopic (exact) mass is 206 g/mol. The summed E-state index contributed by atoms with van der Waals surface area (Å²) in [6.45, 7) is 6.31. The molecule has 1 aromatic rings. The lowest BCUT2D eigenvalue weighted by Crippen LogP contribution is -2.36. The van der Waals surface area contributed by atoms with Crippen LogP contribution in [0.5, 0.6) is 0 Å². The largest absolute Gasteiger partial charge is 0.370 e. The summed E-state index contributed by atoms with van der Waals surface area (Å²) in [5.41, 5.74) is 7.14. The summed E-state index contributed by atoms with van der Waals surface area (Å²) >= 11 is 0. The molecular formula is C13H22N2. The van der Waals surface area contributed by atoms with E-state index in [9.17, 15) is 0 Å². The van der Waals surface area contributed by atoms with Crippen LogP contribution in [0.4, 0.5) is 5.69 Å². The first-order chi connectivity index (χ1) is 7.24. The van der Waals surface area contributed by atoms with Crippen molar-refractivity contribution in [2.75, 3.05) is 18.0 Å². The highest BCUT2D eigenvalue weighted by molar-refractivity contribution is 5.46. The quantitative estimate of drug-likeness (QED) is 0.775. The number of hydrogen-bond donors (Lipinski definition) is 1. The first-order valence-electron chi connectivity index (χ1n) is 5.79. The molecule has 1 aromatic carbocycles.